The lowest BCUT2D eigenvalue weighted by molar-refractivity contribution is 0.259. The van der Waals surface area contributed by atoms with E-state index in [4.69, 9.17) is 0 Å². The average Bonchev–Trinajstić information content (AvgIpc) is 3.04. The Morgan fingerprint density at radius 2 is 1.33 bits per heavy atom. The Kier molecular flexibility index (Phi) is 3.81. The summed E-state index contributed by atoms with van der Waals surface area (Å²) >= 11 is 0. The Hall–Kier alpha value is -2.62. The summed E-state index contributed by atoms with van der Waals surface area (Å²) in [4.78, 5) is 0. The van der Waals surface area contributed by atoms with Crippen LogP contribution in [-0.2, 0) is 32.6 Å². The van der Waals surface area contributed by atoms with Gasteiger partial charge in [0.2, 0.25) is 0 Å². The first kappa shape index (κ1) is 16.5. The van der Waals surface area contributed by atoms with Crippen LogP contribution in [0.1, 0.15) is 40.6 Å². The van der Waals surface area contributed by atoms with Gasteiger partial charge in [-0.3, -0.25) is 0 Å². The predicted molar refractivity (Wildman–Crippen MR) is 109 cm³/mol. The first-order valence-corrected chi connectivity index (χ1v) is 9.63. The number of aliphatic hydroxyl groups excluding tert-OH is 2. The van der Waals surface area contributed by atoms with E-state index in [1.54, 1.807) is 0 Å². The Morgan fingerprint density at radius 3 is 1.89 bits per heavy atom. The van der Waals surface area contributed by atoms with E-state index in [-0.39, 0.29) is 13.2 Å². The summed E-state index contributed by atoms with van der Waals surface area (Å²) in [6.07, 6.45) is 1.65. The summed E-state index contributed by atoms with van der Waals surface area (Å²) in [5.74, 6) is 0. The molecule has 0 unspecified atom stereocenters. The summed E-state index contributed by atoms with van der Waals surface area (Å²) in [5, 5.41) is 25.2. The van der Waals surface area contributed by atoms with Gasteiger partial charge in [-0.05, 0) is 39.1 Å². The maximum absolute atomic E-state index is 10.0. The second-order valence-corrected chi connectivity index (χ2v) is 7.33. The molecule has 3 aromatic carbocycles. The standard InChI is InChI=1S/C24H23NO2/c1-2-23-21(13-26)22(14-27)24-11-19-17-9-5-3-7-15(17)16-8-4-6-10-18(16)20(19)12-25(23)24/h3-10,26-27H,2,11-14H2,1H3. The van der Waals surface area contributed by atoms with Crippen LogP contribution in [0.5, 0.6) is 0 Å². The van der Waals surface area contributed by atoms with Crippen LogP contribution in [0.3, 0.4) is 0 Å². The molecule has 0 atom stereocenters. The van der Waals surface area contributed by atoms with E-state index in [1.165, 1.54) is 32.7 Å². The van der Waals surface area contributed by atoms with Gasteiger partial charge in [-0.15, -0.1) is 0 Å². The first-order valence-electron chi connectivity index (χ1n) is 9.63. The molecule has 1 aliphatic heterocycles. The maximum atomic E-state index is 10.0. The number of aliphatic hydroxyl groups is 2. The van der Waals surface area contributed by atoms with Crippen molar-refractivity contribution in [2.75, 3.05) is 0 Å². The van der Waals surface area contributed by atoms with E-state index in [0.717, 1.165) is 41.9 Å². The van der Waals surface area contributed by atoms with Crippen LogP contribution in [0.25, 0.3) is 21.5 Å². The molecular weight excluding hydrogens is 334 g/mol. The number of aromatic nitrogens is 1. The minimum atomic E-state index is -0.0218. The summed E-state index contributed by atoms with van der Waals surface area (Å²) in [7, 11) is 0. The third-order valence-corrected chi connectivity index (χ3v) is 6.18. The molecule has 0 radical (unpaired) electrons. The third-order valence-electron chi connectivity index (χ3n) is 6.18. The van der Waals surface area contributed by atoms with Crippen molar-refractivity contribution in [2.24, 2.45) is 0 Å². The molecule has 3 nitrogen and oxygen atoms in total. The Labute approximate surface area is 158 Å². The number of fused-ring (bicyclic) bond motifs is 7. The SMILES string of the molecule is CCc1c(CO)c(CO)c2n1Cc1c(c3ccccc3c3ccccc13)C2. The fourth-order valence-electron chi connectivity index (χ4n) is 5.00. The number of benzene rings is 3. The second kappa shape index (κ2) is 6.22. The van der Waals surface area contributed by atoms with Crippen molar-refractivity contribution in [3.63, 3.8) is 0 Å². The smallest absolute Gasteiger partial charge is 0.0703 e. The molecule has 0 spiro atoms. The largest absolute Gasteiger partial charge is 0.392 e. The van der Waals surface area contributed by atoms with E-state index in [1.807, 2.05) is 0 Å². The highest BCUT2D eigenvalue weighted by Gasteiger charge is 2.27. The number of rotatable bonds is 3. The van der Waals surface area contributed by atoms with Crippen molar-refractivity contribution in [2.45, 2.75) is 39.5 Å². The second-order valence-electron chi connectivity index (χ2n) is 7.33. The third kappa shape index (κ3) is 2.22. The minimum Gasteiger partial charge on any atom is -0.392 e. The van der Waals surface area contributed by atoms with Gasteiger partial charge < -0.3 is 14.8 Å². The summed E-state index contributed by atoms with van der Waals surface area (Å²) in [5.41, 5.74) is 6.87. The van der Waals surface area contributed by atoms with Gasteiger partial charge in [0.05, 0.1) is 13.2 Å². The van der Waals surface area contributed by atoms with Crippen LogP contribution in [0.4, 0.5) is 0 Å². The molecule has 2 heterocycles. The Bertz CT molecular complexity index is 1100. The molecule has 0 saturated carbocycles. The fourth-order valence-corrected chi connectivity index (χ4v) is 5.00. The molecule has 5 rings (SSSR count). The van der Waals surface area contributed by atoms with Crippen LogP contribution in [0.2, 0.25) is 0 Å². The predicted octanol–water partition coefficient (Wildman–Crippen LogP) is 4.29. The van der Waals surface area contributed by atoms with Crippen molar-refractivity contribution < 1.29 is 10.2 Å². The molecule has 1 aliphatic rings. The van der Waals surface area contributed by atoms with Crippen molar-refractivity contribution >= 4 is 21.5 Å². The van der Waals surface area contributed by atoms with Crippen LogP contribution in [-0.4, -0.2) is 14.8 Å². The lowest BCUT2D eigenvalue weighted by Gasteiger charge is -2.26. The molecule has 0 aliphatic carbocycles. The lowest BCUT2D eigenvalue weighted by atomic mass is 9.87. The van der Waals surface area contributed by atoms with Gasteiger partial charge in [-0.1, -0.05) is 55.5 Å². The van der Waals surface area contributed by atoms with E-state index in [2.05, 4.69) is 60.0 Å². The molecule has 0 bridgehead atoms. The molecule has 0 fully saturated rings. The van der Waals surface area contributed by atoms with Gasteiger partial charge in [-0.2, -0.15) is 0 Å². The van der Waals surface area contributed by atoms with Gasteiger partial charge in [-0.25, -0.2) is 0 Å². The van der Waals surface area contributed by atoms with Crippen LogP contribution >= 0.6 is 0 Å². The fraction of sp³-hybridized carbons (Fsp3) is 0.250. The summed E-state index contributed by atoms with van der Waals surface area (Å²) in [6.45, 7) is 2.88. The highest BCUT2D eigenvalue weighted by atomic mass is 16.3. The maximum Gasteiger partial charge on any atom is 0.0703 e. The van der Waals surface area contributed by atoms with Crippen molar-refractivity contribution in [1.29, 1.82) is 0 Å². The average molecular weight is 357 g/mol. The molecule has 3 heteroatoms. The summed E-state index contributed by atoms with van der Waals surface area (Å²) < 4.78 is 2.33. The van der Waals surface area contributed by atoms with E-state index >= 15 is 0 Å². The minimum absolute atomic E-state index is 0.0170. The summed E-state index contributed by atoms with van der Waals surface area (Å²) in [6, 6.07) is 17.3. The zero-order valence-corrected chi connectivity index (χ0v) is 15.5. The van der Waals surface area contributed by atoms with E-state index in [9.17, 15) is 10.2 Å². The molecule has 0 saturated heterocycles. The number of hydrogen-bond donors (Lipinski definition) is 2. The van der Waals surface area contributed by atoms with Crippen molar-refractivity contribution in [1.82, 2.24) is 4.57 Å². The highest BCUT2D eigenvalue weighted by Crippen LogP contribution is 2.40. The number of hydrogen-bond acceptors (Lipinski definition) is 2. The topological polar surface area (TPSA) is 45.4 Å². The van der Waals surface area contributed by atoms with Gasteiger partial charge >= 0.3 is 0 Å². The molecule has 136 valence electrons. The van der Waals surface area contributed by atoms with Gasteiger partial charge in [0.15, 0.2) is 0 Å². The van der Waals surface area contributed by atoms with Gasteiger partial charge in [0.1, 0.15) is 0 Å². The molecule has 0 amide bonds. The van der Waals surface area contributed by atoms with Crippen LogP contribution < -0.4 is 0 Å². The van der Waals surface area contributed by atoms with Crippen molar-refractivity contribution in [3.05, 3.63) is 82.2 Å². The lowest BCUT2D eigenvalue weighted by Crippen LogP contribution is -2.17. The molecule has 1 aromatic heterocycles. The van der Waals surface area contributed by atoms with Gasteiger partial charge in [0.25, 0.3) is 0 Å². The van der Waals surface area contributed by atoms with Crippen LogP contribution in [0.15, 0.2) is 48.5 Å². The Morgan fingerprint density at radius 1 is 0.778 bits per heavy atom. The zero-order valence-electron chi connectivity index (χ0n) is 15.5. The first-order chi connectivity index (χ1) is 13.3. The molecule has 2 N–H and O–H groups in total. The van der Waals surface area contributed by atoms with Crippen LogP contribution in [0, 0.1) is 0 Å². The normalized spacial score (nSPS) is 13.1. The monoisotopic (exact) mass is 357 g/mol. The molecule has 27 heavy (non-hydrogen) atoms. The Balaban J connectivity index is 1.87. The molecule has 4 aromatic rings. The highest BCUT2D eigenvalue weighted by molar-refractivity contribution is 6.11. The van der Waals surface area contributed by atoms with Crippen molar-refractivity contribution in [3.8, 4) is 0 Å². The van der Waals surface area contributed by atoms with E-state index < -0.39 is 0 Å². The zero-order chi connectivity index (χ0) is 18.5. The number of nitrogens with zero attached hydrogens (tertiary/aromatic N) is 1. The van der Waals surface area contributed by atoms with E-state index in [0.29, 0.717) is 0 Å². The van der Waals surface area contributed by atoms with Gasteiger partial charge in [0, 0.05) is 35.5 Å². The quantitative estimate of drug-likeness (QED) is 0.473. The molecular formula is C24H23NO2.